The number of benzene rings is 1. The van der Waals surface area contributed by atoms with Crippen LogP contribution in [0.5, 0.6) is 0 Å². The first-order chi connectivity index (χ1) is 13.4. The monoisotopic (exact) mass is 457 g/mol. The summed E-state index contributed by atoms with van der Waals surface area (Å²) in [5, 5.41) is 12.7. The van der Waals surface area contributed by atoms with Gasteiger partial charge in [-0.15, -0.1) is 10.2 Å². The molecule has 0 bridgehead atoms. The predicted molar refractivity (Wildman–Crippen MR) is 110 cm³/mol. The fourth-order valence-electron chi connectivity index (χ4n) is 3.21. The van der Waals surface area contributed by atoms with Gasteiger partial charge in [0.2, 0.25) is 21.8 Å². The smallest absolute Gasteiger partial charge is 0.248 e. The van der Waals surface area contributed by atoms with Gasteiger partial charge in [0.1, 0.15) is 4.90 Å². The van der Waals surface area contributed by atoms with Gasteiger partial charge in [0.15, 0.2) is 0 Å². The third-order valence-electron chi connectivity index (χ3n) is 4.84. The number of piperidine rings is 1. The van der Waals surface area contributed by atoms with Gasteiger partial charge in [0, 0.05) is 35.0 Å². The van der Waals surface area contributed by atoms with E-state index in [1.807, 2.05) is 16.8 Å². The Hall–Kier alpha value is -1.45. The Morgan fingerprint density at radius 1 is 1.18 bits per heavy atom. The molecule has 10 heteroatoms. The summed E-state index contributed by atoms with van der Waals surface area (Å²) in [5.74, 6) is 1.09. The van der Waals surface area contributed by atoms with Crippen molar-refractivity contribution >= 4 is 44.6 Å². The molecule has 3 heterocycles. The maximum atomic E-state index is 13.0. The third kappa shape index (κ3) is 3.71. The molecule has 6 nitrogen and oxygen atoms in total. The molecular weight excluding hydrogens is 441 g/mol. The normalized spacial score (nSPS) is 16.5. The number of thiophene rings is 1. The number of halogens is 2. The molecular formula is C18H17Cl2N3O3S2. The van der Waals surface area contributed by atoms with Crippen LogP contribution in [0.1, 0.15) is 30.2 Å². The predicted octanol–water partition coefficient (Wildman–Crippen LogP) is 4.98. The fraction of sp³-hybridized carbons (Fsp3) is 0.333. The average molecular weight is 458 g/mol. The van der Waals surface area contributed by atoms with E-state index in [0.29, 0.717) is 48.3 Å². The van der Waals surface area contributed by atoms with Crippen molar-refractivity contribution in [3.63, 3.8) is 0 Å². The molecule has 1 aromatic carbocycles. The number of hydrogen-bond acceptors (Lipinski definition) is 6. The van der Waals surface area contributed by atoms with Gasteiger partial charge >= 0.3 is 0 Å². The molecule has 1 aliphatic heterocycles. The molecule has 1 saturated heterocycles. The van der Waals surface area contributed by atoms with Crippen molar-refractivity contribution in [3.05, 3.63) is 50.5 Å². The van der Waals surface area contributed by atoms with Crippen molar-refractivity contribution < 1.29 is 12.8 Å². The molecule has 0 N–H and O–H groups in total. The fourth-order valence-corrected chi connectivity index (χ4v) is 6.12. The van der Waals surface area contributed by atoms with E-state index in [4.69, 9.17) is 27.6 Å². The highest BCUT2D eigenvalue weighted by molar-refractivity contribution is 7.89. The molecule has 0 aliphatic carbocycles. The summed E-state index contributed by atoms with van der Waals surface area (Å²) < 4.78 is 33.3. The van der Waals surface area contributed by atoms with Gasteiger partial charge in [-0.3, -0.25) is 0 Å². The Kier molecular flexibility index (Phi) is 5.50. The van der Waals surface area contributed by atoms with Crippen molar-refractivity contribution in [2.75, 3.05) is 13.1 Å². The molecule has 1 fully saturated rings. The van der Waals surface area contributed by atoms with E-state index in [1.165, 1.54) is 16.4 Å². The highest BCUT2D eigenvalue weighted by Gasteiger charge is 2.33. The maximum absolute atomic E-state index is 13.0. The zero-order valence-electron chi connectivity index (χ0n) is 14.9. The zero-order chi connectivity index (χ0) is 19.9. The van der Waals surface area contributed by atoms with E-state index in [0.717, 1.165) is 5.56 Å². The average Bonchev–Trinajstić information content (AvgIpc) is 3.36. The molecule has 0 spiro atoms. The number of hydrogen-bond donors (Lipinski definition) is 0. The molecule has 0 radical (unpaired) electrons. The number of aryl methyl sites for hydroxylation is 1. The van der Waals surface area contributed by atoms with Gasteiger partial charge in [-0.05, 0) is 48.9 Å². The second-order valence-electron chi connectivity index (χ2n) is 6.67. The highest BCUT2D eigenvalue weighted by Crippen LogP contribution is 2.35. The standard InChI is InChI=1S/C18H17Cl2N3O3S2/c1-11-8-16(15(20)9-14(11)19)28(24,25)23-5-2-12(3-6-23)17-21-22-18(26-17)13-4-7-27-10-13/h4,7-10,12H,2-3,5-6H2,1H3. The number of rotatable bonds is 4. The summed E-state index contributed by atoms with van der Waals surface area (Å²) in [7, 11) is -3.69. The number of nitrogens with zero attached hydrogens (tertiary/aromatic N) is 3. The molecule has 0 saturated carbocycles. The summed E-state index contributed by atoms with van der Waals surface area (Å²) in [4.78, 5) is 0.0899. The van der Waals surface area contributed by atoms with Crippen LogP contribution in [-0.2, 0) is 10.0 Å². The highest BCUT2D eigenvalue weighted by atomic mass is 35.5. The van der Waals surface area contributed by atoms with Gasteiger partial charge in [0.25, 0.3) is 0 Å². The van der Waals surface area contributed by atoms with E-state index in [9.17, 15) is 8.42 Å². The molecule has 28 heavy (non-hydrogen) atoms. The van der Waals surface area contributed by atoms with E-state index >= 15 is 0 Å². The minimum absolute atomic E-state index is 0.0359. The van der Waals surface area contributed by atoms with Crippen LogP contribution in [0.4, 0.5) is 0 Å². The van der Waals surface area contributed by atoms with Gasteiger partial charge in [-0.25, -0.2) is 8.42 Å². The van der Waals surface area contributed by atoms with E-state index < -0.39 is 10.0 Å². The lowest BCUT2D eigenvalue weighted by Crippen LogP contribution is -2.38. The number of sulfonamides is 1. The first-order valence-electron chi connectivity index (χ1n) is 8.68. The Bertz CT molecular complexity index is 1090. The van der Waals surface area contributed by atoms with Gasteiger partial charge in [0.05, 0.1) is 5.02 Å². The van der Waals surface area contributed by atoms with Crippen molar-refractivity contribution in [2.45, 2.75) is 30.6 Å². The molecule has 3 aromatic rings. The summed E-state index contributed by atoms with van der Waals surface area (Å²) in [6.07, 6.45) is 1.21. The van der Waals surface area contributed by atoms with Crippen molar-refractivity contribution in [3.8, 4) is 11.5 Å². The quantitative estimate of drug-likeness (QED) is 0.551. The van der Waals surface area contributed by atoms with Gasteiger partial charge in [-0.1, -0.05) is 23.2 Å². The summed E-state index contributed by atoms with van der Waals surface area (Å²) in [6.45, 7) is 2.48. The molecule has 4 rings (SSSR count). The Morgan fingerprint density at radius 3 is 2.61 bits per heavy atom. The minimum atomic E-state index is -3.69. The zero-order valence-corrected chi connectivity index (χ0v) is 18.1. The molecule has 0 amide bonds. The molecule has 1 aliphatic rings. The third-order valence-corrected chi connectivity index (χ3v) is 8.30. The summed E-state index contributed by atoms with van der Waals surface area (Å²) in [5.41, 5.74) is 1.57. The van der Waals surface area contributed by atoms with Crippen LogP contribution in [0.3, 0.4) is 0 Å². The van der Waals surface area contributed by atoms with Crippen LogP contribution in [0.2, 0.25) is 10.0 Å². The van der Waals surface area contributed by atoms with Crippen molar-refractivity contribution in [1.82, 2.24) is 14.5 Å². The van der Waals surface area contributed by atoms with Crippen LogP contribution in [0.25, 0.3) is 11.5 Å². The first-order valence-corrected chi connectivity index (χ1v) is 11.8. The van der Waals surface area contributed by atoms with Crippen molar-refractivity contribution in [1.29, 1.82) is 0 Å². The van der Waals surface area contributed by atoms with Gasteiger partial charge < -0.3 is 4.42 Å². The van der Waals surface area contributed by atoms with E-state index in [1.54, 1.807) is 18.3 Å². The van der Waals surface area contributed by atoms with E-state index in [-0.39, 0.29) is 15.8 Å². The Labute approximate surface area is 177 Å². The minimum Gasteiger partial charge on any atom is -0.420 e. The van der Waals surface area contributed by atoms with Crippen LogP contribution in [-0.4, -0.2) is 36.0 Å². The number of aromatic nitrogens is 2. The molecule has 2 aromatic heterocycles. The molecule has 0 unspecified atom stereocenters. The van der Waals surface area contributed by atoms with Crippen LogP contribution in [0, 0.1) is 6.92 Å². The second kappa shape index (κ2) is 7.76. The lowest BCUT2D eigenvalue weighted by atomic mass is 9.98. The van der Waals surface area contributed by atoms with Crippen LogP contribution < -0.4 is 0 Å². The largest absolute Gasteiger partial charge is 0.420 e. The summed E-state index contributed by atoms with van der Waals surface area (Å²) >= 11 is 13.8. The molecule has 148 valence electrons. The SMILES string of the molecule is Cc1cc(S(=O)(=O)N2CCC(c3nnc(-c4ccsc4)o3)CC2)c(Cl)cc1Cl. The maximum Gasteiger partial charge on any atom is 0.248 e. The summed E-state index contributed by atoms with van der Waals surface area (Å²) in [6, 6.07) is 4.93. The second-order valence-corrected chi connectivity index (χ2v) is 10.2. The van der Waals surface area contributed by atoms with Gasteiger partial charge in [-0.2, -0.15) is 15.6 Å². The topological polar surface area (TPSA) is 76.3 Å². The molecule has 0 atom stereocenters. The lowest BCUT2D eigenvalue weighted by Gasteiger charge is -2.30. The van der Waals surface area contributed by atoms with Crippen LogP contribution >= 0.6 is 34.5 Å². The van der Waals surface area contributed by atoms with E-state index in [2.05, 4.69) is 10.2 Å². The Balaban J connectivity index is 1.49. The van der Waals surface area contributed by atoms with Crippen molar-refractivity contribution in [2.24, 2.45) is 0 Å². The lowest BCUT2D eigenvalue weighted by molar-refractivity contribution is 0.291. The Morgan fingerprint density at radius 2 is 1.93 bits per heavy atom. The van der Waals surface area contributed by atoms with Crippen LogP contribution in [0.15, 0.2) is 38.3 Å². The first kappa shape index (κ1) is 19.8.